The van der Waals surface area contributed by atoms with Gasteiger partial charge in [0, 0.05) is 33.9 Å². The van der Waals surface area contributed by atoms with Gasteiger partial charge in [0.1, 0.15) is 5.82 Å². The average Bonchev–Trinajstić information content (AvgIpc) is 2.39. The Kier molecular flexibility index (Phi) is 4.22. The fourth-order valence-corrected chi connectivity index (χ4v) is 2.42. The monoisotopic (exact) mass is 302 g/mol. The van der Waals surface area contributed by atoms with Crippen LogP contribution in [0.3, 0.4) is 0 Å². The number of pyridine rings is 1. The van der Waals surface area contributed by atoms with E-state index in [4.69, 9.17) is 6.42 Å². The molecule has 2 rings (SSSR count). The van der Waals surface area contributed by atoms with Crippen molar-refractivity contribution < 1.29 is 0 Å². The highest BCUT2D eigenvalue weighted by atomic mass is 79.9. The largest absolute Gasteiger partial charge is 0.366 e. The highest BCUT2D eigenvalue weighted by molar-refractivity contribution is 9.10. The van der Waals surface area contributed by atoms with E-state index in [1.165, 1.54) is 0 Å². The number of anilines is 1. The summed E-state index contributed by atoms with van der Waals surface area (Å²) in [6.45, 7) is 2.12. The summed E-state index contributed by atoms with van der Waals surface area (Å²) < 4.78 is 1.08. The van der Waals surface area contributed by atoms with Crippen LogP contribution in [0.5, 0.6) is 0 Å². The van der Waals surface area contributed by atoms with Gasteiger partial charge in [-0.25, -0.2) is 4.98 Å². The van der Waals surface area contributed by atoms with Crippen LogP contribution < -0.4 is 5.32 Å². The molecule has 2 nitrogen and oxygen atoms in total. The Balaban J connectivity index is 2.40. The lowest BCUT2D eigenvalue weighted by Gasteiger charge is -2.16. The minimum absolute atomic E-state index is 0.270. The molecule has 0 spiro atoms. The molecule has 0 amide bonds. The molecule has 92 valence electrons. The van der Waals surface area contributed by atoms with Gasteiger partial charge in [-0.15, -0.1) is 12.3 Å². The number of hydrogen-bond donors (Lipinski definition) is 1. The number of benzene rings is 1. The summed E-state index contributed by atoms with van der Waals surface area (Å²) in [6, 6.07) is 8.39. The van der Waals surface area contributed by atoms with Crippen LogP contribution >= 0.6 is 15.9 Å². The van der Waals surface area contributed by atoms with Crippen molar-refractivity contribution in [2.24, 2.45) is 0 Å². The van der Waals surface area contributed by atoms with Gasteiger partial charge in [0.2, 0.25) is 0 Å². The van der Waals surface area contributed by atoms with E-state index in [9.17, 15) is 0 Å². The van der Waals surface area contributed by atoms with Gasteiger partial charge in [-0.2, -0.15) is 0 Å². The van der Waals surface area contributed by atoms with Crippen LogP contribution in [0.25, 0.3) is 10.8 Å². The van der Waals surface area contributed by atoms with Crippen molar-refractivity contribution in [2.45, 2.75) is 25.8 Å². The zero-order valence-corrected chi connectivity index (χ0v) is 11.9. The fraction of sp³-hybridized carbons (Fsp3) is 0.267. The quantitative estimate of drug-likeness (QED) is 0.856. The Morgan fingerprint density at radius 2 is 2.22 bits per heavy atom. The third-order valence-corrected chi connectivity index (χ3v) is 3.64. The summed E-state index contributed by atoms with van der Waals surface area (Å²) in [6.07, 6.45) is 8.89. The Morgan fingerprint density at radius 3 is 2.94 bits per heavy atom. The Hall–Kier alpha value is -1.53. The van der Waals surface area contributed by atoms with Crippen LogP contribution in [0, 0.1) is 12.3 Å². The maximum absolute atomic E-state index is 5.38. The summed E-state index contributed by atoms with van der Waals surface area (Å²) in [5.74, 6) is 3.60. The maximum Gasteiger partial charge on any atom is 0.134 e. The third kappa shape index (κ3) is 2.65. The van der Waals surface area contributed by atoms with Gasteiger partial charge in [-0.1, -0.05) is 35.0 Å². The first-order valence-corrected chi connectivity index (χ1v) is 6.78. The number of terminal acetylenes is 1. The Labute approximate surface area is 116 Å². The van der Waals surface area contributed by atoms with E-state index < -0.39 is 0 Å². The highest BCUT2D eigenvalue weighted by Crippen LogP contribution is 2.28. The van der Waals surface area contributed by atoms with Crippen LogP contribution in [0.2, 0.25) is 0 Å². The molecule has 1 aromatic carbocycles. The number of nitrogens with one attached hydrogen (secondary N) is 1. The number of halogens is 1. The van der Waals surface area contributed by atoms with Crippen molar-refractivity contribution in [3.63, 3.8) is 0 Å². The number of nitrogens with zero attached hydrogens (tertiary/aromatic N) is 1. The highest BCUT2D eigenvalue weighted by Gasteiger charge is 2.09. The molecule has 0 aliphatic rings. The molecule has 1 atom stereocenters. The summed E-state index contributed by atoms with van der Waals surface area (Å²) >= 11 is 3.56. The molecule has 1 N–H and O–H groups in total. The summed E-state index contributed by atoms with van der Waals surface area (Å²) in [5, 5.41) is 5.70. The van der Waals surface area contributed by atoms with E-state index in [-0.39, 0.29) is 6.04 Å². The summed E-state index contributed by atoms with van der Waals surface area (Å²) in [4.78, 5) is 4.42. The van der Waals surface area contributed by atoms with Crippen molar-refractivity contribution in [1.82, 2.24) is 4.98 Å². The van der Waals surface area contributed by atoms with Crippen LogP contribution in [0.1, 0.15) is 19.8 Å². The third-order valence-electron chi connectivity index (χ3n) is 2.95. The lowest BCUT2D eigenvalue weighted by molar-refractivity contribution is 0.713. The van der Waals surface area contributed by atoms with E-state index in [0.29, 0.717) is 6.42 Å². The first kappa shape index (κ1) is 12.9. The van der Waals surface area contributed by atoms with Crippen LogP contribution in [0.4, 0.5) is 5.82 Å². The van der Waals surface area contributed by atoms with Crippen LogP contribution in [-0.2, 0) is 0 Å². The van der Waals surface area contributed by atoms with Gasteiger partial charge < -0.3 is 5.32 Å². The lowest BCUT2D eigenvalue weighted by Crippen LogP contribution is -2.18. The van der Waals surface area contributed by atoms with E-state index in [2.05, 4.69) is 45.1 Å². The van der Waals surface area contributed by atoms with Gasteiger partial charge in [-0.3, -0.25) is 0 Å². The zero-order valence-electron chi connectivity index (χ0n) is 10.3. The zero-order chi connectivity index (χ0) is 13.0. The average molecular weight is 303 g/mol. The molecule has 1 heterocycles. The molecule has 18 heavy (non-hydrogen) atoms. The van der Waals surface area contributed by atoms with Crippen molar-refractivity contribution >= 4 is 32.5 Å². The Bertz CT molecular complexity index is 587. The molecule has 0 saturated carbocycles. The molecular formula is C15H15BrN2. The minimum Gasteiger partial charge on any atom is -0.366 e. The van der Waals surface area contributed by atoms with Gasteiger partial charge >= 0.3 is 0 Å². The van der Waals surface area contributed by atoms with E-state index in [0.717, 1.165) is 27.5 Å². The van der Waals surface area contributed by atoms with Gasteiger partial charge in [-0.05, 0) is 18.6 Å². The first-order valence-electron chi connectivity index (χ1n) is 5.99. The normalized spacial score (nSPS) is 12.1. The maximum atomic E-state index is 5.38. The van der Waals surface area contributed by atoms with Crippen molar-refractivity contribution in [3.8, 4) is 12.3 Å². The minimum atomic E-state index is 0.270. The van der Waals surface area contributed by atoms with Gasteiger partial charge in [0.05, 0.1) is 0 Å². The smallest absolute Gasteiger partial charge is 0.134 e. The number of hydrogen-bond acceptors (Lipinski definition) is 2. The molecule has 1 unspecified atom stereocenters. The predicted octanol–water partition coefficient (Wildman–Crippen LogP) is 4.21. The molecule has 0 aliphatic heterocycles. The van der Waals surface area contributed by atoms with Crippen LogP contribution in [-0.4, -0.2) is 11.0 Å². The standard InChI is InChI=1S/C15H15BrN2/c1-3-6-11(4-2)18-15-13-7-5-8-14(16)12(13)9-10-17-15/h1,5,7-11H,4,6H2,2H3,(H,17,18). The second-order valence-corrected chi connectivity index (χ2v) is 5.01. The second kappa shape index (κ2) is 5.88. The number of rotatable bonds is 4. The molecule has 1 aromatic heterocycles. The summed E-state index contributed by atoms with van der Waals surface area (Å²) in [5.41, 5.74) is 0. The second-order valence-electron chi connectivity index (χ2n) is 4.15. The lowest BCUT2D eigenvalue weighted by atomic mass is 10.1. The molecule has 0 radical (unpaired) electrons. The molecule has 3 heteroatoms. The SMILES string of the molecule is C#CCC(CC)Nc1nccc2c(Br)cccc12. The molecular weight excluding hydrogens is 288 g/mol. The topological polar surface area (TPSA) is 24.9 Å². The van der Waals surface area contributed by atoms with Gasteiger partial charge in [0.15, 0.2) is 0 Å². The predicted molar refractivity (Wildman–Crippen MR) is 80.6 cm³/mol. The van der Waals surface area contributed by atoms with Gasteiger partial charge in [0.25, 0.3) is 0 Å². The van der Waals surface area contributed by atoms with Crippen molar-refractivity contribution in [3.05, 3.63) is 34.9 Å². The molecule has 2 aromatic rings. The molecule has 0 fully saturated rings. The summed E-state index contributed by atoms with van der Waals surface area (Å²) in [7, 11) is 0. The number of aromatic nitrogens is 1. The van der Waals surface area contributed by atoms with E-state index in [1.807, 2.05) is 24.4 Å². The van der Waals surface area contributed by atoms with E-state index in [1.54, 1.807) is 0 Å². The van der Waals surface area contributed by atoms with E-state index >= 15 is 0 Å². The molecule has 0 saturated heterocycles. The molecule has 0 bridgehead atoms. The van der Waals surface area contributed by atoms with Crippen LogP contribution in [0.15, 0.2) is 34.9 Å². The Morgan fingerprint density at radius 1 is 1.39 bits per heavy atom. The number of fused-ring (bicyclic) bond motifs is 1. The van der Waals surface area contributed by atoms with Crippen molar-refractivity contribution in [2.75, 3.05) is 5.32 Å². The van der Waals surface area contributed by atoms with Crippen molar-refractivity contribution in [1.29, 1.82) is 0 Å². The molecule has 0 aliphatic carbocycles. The first-order chi connectivity index (χ1) is 8.76. The fourth-order valence-electron chi connectivity index (χ4n) is 1.92.